The summed E-state index contributed by atoms with van der Waals surface area (Å²) in [6, 6.07) is 6.90. The molecule has 18 heavy (non-hydrogen) atoms. The first kappa shape index (κ1) is 13.1. The van der Waals surface area contributed by atoms with Crippen LogP contribution in [0.2, 0.25) is 5.02 Å². The van der Waals surface area contributed by atoms with Crippen molar-refractivity contribution in [2.75, 3.05) is 5.32 Å². The SMILES string of the molecule is Cc1cnccc1NC(=O)c1ccc(Br)cc1Cl. The van der Waals surface area contributed by atoms with Crippen molar-refractivity contribution in [2.45, 2.75) is 6.92 Å². The number of carbonyl (C=O) groups is 1. The van der Waals surface area contributed by atoms with Crippen LogP contribution in [-0.2, 0) is 0 Å². The highest BCUT2D eigenvalue weighted by atomic mass is 79.9. The van der Waals surface area contributed by atoms with E-state index in [1.807, 2.05) is 6.92 Å². The smallest absolute Gasteiger partial charge is 0.257 e. The molecule has 5 heteroatoms. The number of halogens is 2. The van der Waals surface area contributed by atoms with Gasteiger partial charge in [-0.3, -0.25) is 9.78 Å². The van der Waals surface area contributed by atoms with Crippen LogP contribution in [0, 0.1) is 6.92 Å². The molecule has 2 rings (SSSR count). The van der Waals surface area contributed by atoms with Gasteiger partial charge in [-0.25, -0.2) is 0 Å². The summed E-state index contributed by atoms with van der Waals surface area (Å²) in [5.74, 6) is -0.234. The second-order valence-corrected chi connectivity index (χ2v) is 5.09. The van der Waals surface area contributed by atoms with Gasteiger partial charge in [0.25, 0.3) is 5.91 Å². The summed E-state index contributed by atoms with van der Waals surface area (Å²) in [5.41, 5.74) is 2.07. The number of hydrogen-bond acceptors (Lipinski definition) is 2. The predicted molar refractivity (Wildman–Crippen MR) is 76.1 cm³/mol. The maximum Gasteiger partial charge on any atom is 0.257 e. The average molecular weight is 326 g/mol. The zero-order chi connectivity index (χ0) is 13.1. The Morgan fingerprint density at radius 1 is 1.39 bits per heavy atom. The third-order valence-electron chi connectivity index (χ3n) is 2.44. The number of carbonyl (C=O) groups excluding carboxylic acids is 1. The van der Waals surface area contributed by atoms with Crippen molar-refractivity contribution in [1.29, 1.82) is 0 Å². The number of aryl methyl sites for hydroxylation is 1. The largest absolute Gasteiger partial charge is 0.322 e. The van der Waals surface area contributed by atoms with Gasteiger partial charge in [0.05, 0.1) is 10.6 Å². The lowest BCUT2D eigenvalue weighted by Gasteiger charge is -2.08. The molecular formula is C13H10BrClN2O. The minimum atomic E-state index is -0.234. The summed E-state index contributed by atoms with van der Waals surface area (Å²) < 4.78 is 0.837. The molecule has 1 aromatic carbocycles. The van der Waals surface area contributed by atoms with Crippen molar-refractivity contribution in [3.63, 3.8) is 0 Å². The van der Waals surface area contributed by atoms with Crippen LogP contribution in [0.15, 0.2) is 41.1 Å². The first-order valence-corrected chi connectivity index (χ1v) is 6.42. The number of aromatic nitrogens is 1. The molecule has 0 radical (unpaired) electrons. The van der Waals surface area contributed by atoms with Crippen molar-refractivity contribution in [2.24, 2.45) is 0 Å². The molecular weight excluding hydrogens is 316 g/mol. The Hall–Kier alpha value is -1.39. The monoisotopic (exact) mass is 324 g/mol. The molecule has 0 aliphatic carbocycles. The fourth-order valence-corrected chi connectivity index (χ4v) is 2.24. The van der Waals surface area contributed by atoms with E-state index in [1.165, 1.54) is 0 Å². The van der Waals surface area contributed by atoms with E-state index in [1.54, 1.807) is 36.7 Å². The number of pyridine rings is 1. The topological polar surface area (TPSA) is 42.0 Å². The second kappa shape index (κ2) is 5.50. The highest BCUT2D eigenvalue weighted by molar-refractivity contribution is 9.10. The zero-order valence-electron chi connectivity index (χ0n) is 9.58. The Morgan fingerprint density at radius 3 is 2.83 bits per heavy atom. The summed E-state index contributed by atoms with van der Waals surface area (Å²) in [6.45, 7) is 1.88. The molecule has 1 N–H and O–H groups in total. The van der Waals surface area contributed by atoms with Gasteiger partial charge in [-0.2, -0.15) is 0 Å². The number of nitrogens with zero attached hydrogens (tertiary/aromatic N) is 1. The lowest BCUT2D eigenvalue weighted by atomic mass is 10.2. The van der Waals surface area contributed by atoms with Gasteiger partial charge in [-0.1, -0.05) is 27.5 Å². The van der Waals surface area contributed by atoms with E-state index in [0.29, 0.717) is 10.6 Å². The number of hydrogen-bond donors (Lipinski definition) is 1. The molecule has 0 bridgehead atoms. The zero-order valence-corrected chi connectivity index (χ0v) is 11.9. The van der Waals surface area contributed by atoms with Crippen molar-refractivity contribution >= 4 is 39.1 Å². The number of rotatable bonds is 2. The second-order valence-electron chi connectivity index (χ2n) is 3.77. The maximum absolute atomic E-state index is 12.1. The van der Waals surface area contributed by atoms with Crippen LogP contribution < -0.4 is 5.32 Å². The summed E-state index contributed by atoms with van der Waals surface area (Å²) >= 11 is 9.33. The van der Waals surface area contributed by atoms with Gasteiger partial charge >= 0.3 is 0 Å². The molecule has 92 valence electrons. The Bertz CT molecular complexity index is 601. The first-order chi connectivity index (χ1) is 8.58. The summed E-state index contributed by atoms with van der Waals surface area (Å²) in [6.07, 6.45) is 3.32. The molecule has 3 nitrogen and oxygen atoms in total. The molecule has 1 aromatic heterocycles. The minimum Gasteiger partial charge on any atom is -0.322 e. The van der Waals surface area contributed by atoms with Crippen LogP contribution in [0.1, 0.15) is 15.9 Å². The molecule has 0 aliphatic heterocycles. The normalized spacial score (nSPS) is 10.2. The lowest BCUT2D eigenvalue weighted by molar-refractivity contribution is 0.102. The van der Waals surface area contributed by atoms with Gasteiger partial charge in [0, 0.05) is 22.6 Å². The lowest BCUT2D eigenvalue weighted by Crippen LogP contribution is -2.13. The molecule has 0 aliphatic rings. The summed E-state index contributed by atoms with van der Waals surface area (Å²) in [5, 5.41) is 3.22. The van der Waals surface area contributed by atoms with Crippen molar-refractivity contribution in [1.82, 2.24) is 4.98 Å². The quantitative estimate of drug-likeness (QED) is 0.905. The molecule has 1 amide bonds. The molecule has 1 heterocycles. The van der Waals surface area contributed by atoms with E-state index < -0.39 is 0 Å². The summed E-state index contributed by atoms with van der Waals surface area (Å²) in [7, 11) is 0. The predicted octanol–water partition coefficient (Wildman–Crippen LogP) is 4.06. The van der Waals surface area contributed by atoms with E-state index in [2.05, 4.69) is 26.2 Å². The van der Waals surface area contributed by atoms with Gasteiger partial charge in [0.15, 0.2) is 0 Å². The summed E-state index contributed by atoms with van der Waals surface area (Å²) in [4.78, 5) is 16.0. The molecule has 0 atom stereocenters. The van der Waals surface area contributed by atoms with E-state index in [4.69, 9.17) is 11.6 Å². The standard InChI is InChI=1S/C13H10BrClN2O/c1-8-7-16-5-4-12(8)17-13(18)10-3-2-9(14)6-11(10)15/h2-7H,1H3,(H,16,17,18). The molecule has 2 aromatic rings. The average Bonchev–Trinajstić information content (AvgIpc) is 2.32. The van der Waals surface area contributed by atoms with Gasteiger partial charge in [-0.15, -0.1) is 0 Å². The number of anilines is 1. The van der Waals surface area contributed by atoms with Gasteiger partial charge in [0.1, 0.15) is 0 Å². The first-order valence-electron chi connectivity index (χ1n) is 5.25. The van der Waals surface area contributed by atoms with Crippen LogP contribution in [0.4, 0.5) is 5.69 Å². The third kappa shape index (κ3) is 2.89. The van der Waals surface area contributed by atoms with E-state index >= 15 is 0 Å². The Labute approximate surface area is 118 Å². The Kier molecular flexibility index (Phi) is 3.99. The van der Waals surface area contributed by atoms with E-state index in [9.17, 15) is 4.79 Å². The van der Waals surface area contributed by atoms with Crippen LogP contribution in [0.5, 0.6) is 0 Å². The Balaban J connectivity index is 2.25. The Morgan fingerprint density at radius 2 is 2.17 bits per heavy atom. The molecule has 0 spiro atoms. The highest BCUT2D eigenvalue weighted by Crippen LogP contribution is 2.22. The maximum atomic E-state index is 12.1. The van der Waals surface area contributed by atoms with Crippen molar-refractivity contribution in [3.05, 3.63) is 57.3 Å². The fourth-order valence-electron chi connectivity index (χ4n) is 1.48. The van der Waals surface area contributed by atoms with Gasteiger partial charge in [-0.05, 0) is 36.8 Å². The van der Waals surface area contributed by atoms with Gasteiger partial charge in [0.2, 0.25) is 0 Å². The minimum absolute atomic E-state index is 0.234. The van der Waals surface area contributed by atoms with Crippen LogP contribution >= 0.6 is 27.5 Å². The van der Waals surface area contributed by atoms with E-state index in [-0.39, 0.29) is 5.91 Å². The van der Waals surface area contributed by atoms with Crippen LogP contribution in [0.3, 0.4) is 0 Å². The van der Waals surface area contributed by atoms with Crippen LogP contribution in [0.25, 0.3) is 0 Å². The fraction of sp³-hybridized carbons (Fsp3) is 0.0769. The number of benzene rings is 1. The van der Waals surface area contributed by atoms with Crippen LogP contribution in [-0.4, -0.2) is 10.9 Å². The third-order valence-corrected chi connectivity index (χ3v) is 3.25. The molecule has 0 unspecified atom stereocenters. The van der Waals surface area contributed by atoms with Gasteiger partial charge < -0.3 is 5.32 Å². The molecule has 0 fully saturated rings. The van der Waals surface area contributed by atoms with Crippen molar-refractivity contribution < 1.29 is 4.79 Å². The number of nitrogens with one attached hydrogen (secondary N) is 1. The molecule has 0 saturated heterocycles. The molecule has 0 saturated carbocycles. The number of amides is 1. The van der Waals surface area contributed by atoms with E-state index in [0.717, 1.165) is 15.7 Å². The highest BCUT2D eigenvalue weighted by Gasteiger charge is 2.11. The van der Waals surface area contributed by atoms with Crippen molar-refractivity contribution in [3.8, 4) is 0 Å².